The van der Waals surface area contributed by atoms with Crippen LogP contribution < -0.4 is 16.8 Å². The van der Waals surface area contributed by atoms with E-state index < -0.39 is 11.4 Å². The van der Waals surface area contributed by atoms with Gasteiger partial charge in [-0.1, -0.05) is 0 Å². The Labute approximate surface area is 100.0 Å². The van der Waals surface area contributed by atoms with Crippen LogP contribution in [0.5, 0.6) is 0 Å². The number of hydrogen-bond donors (Lipinski definition) is 3. The molecule has 0 atom stereocenters. The molecule has 1 aromatic rings. The molecule has 2 amide bonds. The van der Waals surface area contributed by atoms with Crippen molar-refractivity contribution in [3.8, 4) is 0 Å². The van der Waals surface area contributed by atoms with E-state index in [1.807, 2.05) is 6.92 Å². The summed E-state index contributed by atoms with van der Waals surface area (Å²) in [7, 11) is 0. The van der Waals surface area contributed by atoms with Crippen molar-refractivity contribution in [2.45, 2.75) is 32.9 Å². The molecule has 1 rings (SSSR count). The predicted molar refractivity (Wildman–Crippen MR) is 65.3 cm³/mol. The zero-order valence-electron chi connectivity index (χ0n) is 10.3. The van der Waals surface area contributed by atoms with Crippen LogP contribution in [0.3, 0.4) is 0 Å². The van der Waals surface area contributed by atoms with Gasteiger partial charge in [0.15, 0.2) is 0 Å². The number of carbonyl (C=O) groups is 2. The summed E-state index contributed by atoms with van der Waals surface area (Å²) in [5.41, 5.74) is 10.6. The standard InChI is InChI=1S/C11H18N4O2/c1-4-15-6-7(12)5-8(15)9(16)14-11(2,3)10(13)17/h5-6H,4,12H2,1-3H3,(H2,13,17)(H,14,16). The average Bonchev–Trinajstić information content (AvgIpc) is 2.58. The predicted octanol–water partition coefficient (Wildman–Crippen LogP) is 0.0839. The van der Waals surface area contributed by atoms with Crippen LogP contribution in [0.2, 0.25) is 0 Å². The van der Waals surface area contributed by atoms with E-state index in [1.54, 1.807) is 30.7 Å². The number of nitrogens with one attached hydrogen (secondary N) is 1. The maximum absolute atomic E-state index is 12.0. The van der Waals surface area contributed by atoms with Crippen molar-refractivity contribution in [1.29, 1.82) is 0 Å². The first-order valence-electron chi connectivity index (χ1n) is 5.36. The minimum Gasteiger partial charge on any atom is -0.397 e. The largest absolute Gasteiger partial charge is 0.397 e. The Kier molecular flexibility index (Phi) is 3.45. The van der Waals surface area contributed by atoms with Crippen molar-refractivity contribution in [3.63, 3.8) is 0 Å². The van der Waals surface area contributed by atoms with Gasteiger partial charge in [-0.05, 0) is 26.8 Å². The van der Waals surface area contributed by atoms with Crippen molar-refractivity contribution < 1.29 is 9.59 Å². The van der Waals surface area contributed by atoms with Crippen LogP contribution in [0.15, 0.2) is 12.3 Å². The second-order valence-electron chi connectivity index (χ2n) is 4.39. The highest BCUT2D eigenvalue weighted by Gasteiger charge is 2.28. The molecule has 0 aliphatic carbocycles. The molecule has 0 aromatic carbocycles. The normalized spacial score (nSPS) is 11.2. The van der Waals surface area contributed by atoms with E-state index in [4.69, 9.17) is 11.5 Å². The molecule has 6 nitrogen and oxygen atoms in total. The molecule has 0 radical (unpaired) electrons. The summed E-state index contributed by atoms with van der Waals surface area (Å²) in [6.07, 6.45) is 1.67. The quantitative estimate of drug-likeness (QED) is 0.692. The first-order valence-corrected chi connectivity index (χ1v) is 5.36. The number of rotatable bonds is 4. The van der Waals surface area contributed by atoms with Gasteiger partial charge >= 0.3 is 0 Å². The molecule has 0 spiro atoms. The SMILES string of the molecule is CCn1cc(N)cc1C(=O)NC(C)(C)C(N)=O. The molecule has 0 unspecified atom stereocenters. The van der Waals surface area contributed by atoms with Crippen LogP contribution in [0, 0.1) is 0 Å². The molecule has 0 aliphatic heterocycles. The van der Waals surface area contributed by atoms with Gasteiger partial charge < -0.3 is 21.4 Å². The van der Waals surface area contributed by atoms with E-state index in [-0.39, 0.29) is 5.91 Å². The molecule has 0 saturated carbocycles. The lowest BCUT2D eigenvalue weighted by atomic mass is 10.1. The number of nitrogens with zero attached hydrogens (tertiary/aromatic N) is 1. The summed E-state index contributed by atoms with van der Waals surface area (Å²) in [6, 6.07) is 1.57. The Morgan fingerprint density at radius 3 is 2.53 bits per heavy atom. The second-order valence-corrected chi connectivity index (χ2v) is 4.39. The van der Waals surface area contributed by atoms with Crippen molar-refractivity contribution in [2.24, 2.45) is 5.73 Å². The maximum Gasteiger partial charge on any atom is 0.268 e. The Bertz CT molecular complexity index is 448. The fourth-order valence-corrected chi connectivity index (χ4v) is 1.39. The van der Waals surface area contributed by atoms with E-state index in [1.165, 1.54) is 0 Å². The molecule has 1 heterocycles. The zero-order chi connectivity index (χ0) is 13.2. The van der Waals surface area contributed by atoms with Gasteiger partial charge in [0, 0.05) is 12.7 Å². The lowest BCUT2D eigenvalue weighted by molar-refractivity contribution is -0.122. The first-order chi connectivity index (χ1) is 7.77. The number of anilines is 1. The lowest BCUT2D eigenvalue weighted by Gasteiger charge is -2.22. The molecule has 94 valence electrons. The minimum atomic E-state index is -1.09. The summed E-state index contributed by atoms with van der Waals surface area (Å²) < 4.78 is 1.71. The third-order valence-corrected chi connectivity index (χ3v) is 2.53. The fourth-order valence-electron chi connectivity index (χ4n) is 1.39. The molecule has 1 aromatic heterocycles. The van der Waals surface area contributed by atoms with E-state index in [0.717, 1.165) is 0 Å². The van der Waals surface area contributed by atoms with Crippen LogP contribution in [-0.4, -0.2) is 21.9 Å². The van der Waals surface area contributed by atoms with Crippen molar-refractivity contribution >= 4 is 17.5 Å². The number of primary amides is 1. The van der Waals surface area contributed by atoms with Crippen LogP contribution in [0.4, 0.5) is 5.69 Å². The van der Waals surface area contributed by atoms with Crippen LogP contribution in [0.1, 0.15) is 31.3 Å². The van der Waals surface area contributed by atoms with E-state index >= 15 is 0 Å². The number of aromatic nitrogens is 1. The molecular weight excluding hydrogens is 220 g/mol. The Hall–Kier alpha value is -1.98. The van der Waals surface area contributed by atoms with Gasteiger partial charge in [-0.2, -0.15) is 0 Å². The zero-order valence-corrected chi connectivity index (χ0v) is 10.3. The number of nitrogens with two attached hydrogens (primary N) is 2. The highest BCUT2D eigenvalue weighted by atomic mass is 16.2. The van der Waals surface area contributed by atoms with Gasteiger partial charge in [0.25, 0.3) is 5.91 Å². The molecule has 0 saturated heterocycles. The van der Waals surface area contributed by atoms with Gasteiger partial charge in [0.05, 0.1) is 5.69 Å². The Balaban J connectivity index is 2.94. The summed E-state index contributed by atoms with van der Waals surface area (Å²) in [5.74, 6) is -0.958. The summed E-state index contributed by atoms with van der Waals surface area (Å²) in [4.78, 5) is 23.1. The number of aryl methyl sites for hydroxylation is 1. The third-order valence-electron chi connectivity index (χ3n) is 2.53. The van der Waals surface area contributed by atoms with Crippen molar-refractivity contribution in [1.82, 2.24) is 9.88 Å². The molecule has 0 bridgehead atoms. The van der Waals surface area contributed by atoms with Gasteiger partial charge in [-0.15, -0.1) is 0 Å². The van der Waals surface area contributed by atoms with E-state index in [2.05, 4.69) is 5.32 Å². The van der Waals surface area contributed by atoms with Crippen molar-refractivity contribution in [2.75, 3.05) is 5.73 Å². The van der Waals surface area contributed by atoms with Gasteiger partial charge in [-0.3, -0.25) is 9.59 Å². The molecule has 17 heavy (non-hydrogen) atoms. The molecule has 0 fully saturated rings. The minimum absolute atomic E-state index is 0.368. The monoisotopic (exact) mass is 238 g/mol. The summed E-state index contributed by atoms with van der Waals surface area (Å²) >= 11 is 0. The van der Waals surface area contributed by atoms with Gasteiger partial charge in [0.2, 0.25) is 5.91 Å². The third kappa shape index (κ3) is 2.77. The highest BCUT2D eigenvalue weighted by Crippen LogP contribution is 2.12. The van der Waals surface area contributed by atoms with Gasteiger partial charge in [0.1, 0.15) is 11.2 Å². The summed E-state index contributed by atoms with van der Waals surface area (Å²) in [5, 5.41) is 2.57. The van der Waals surface area contributed by atoms with E-state index in [9.17, 15) is 9.59 Å². The molecule has 6 heteroatoms. The second kappa shape index (κ2) is 4.48. The highest BCUT2D eigenvalue weighted by molar-refractivity contribution is 5.98. The Morgan fingerprint density at radius 2 is 2.06 bits per heavy atom. The Morgan fingerprint density at radius 1 is 1.47 bits per heavy atom. The van der Waals surface area contributed by atoms with E-state index in [0.29, 0.717) is 17.9 Å². The first kappa shape index (κ1) is 13.1. The smallest absolute Gasteiger partial charge is 0.268 e. The van der Waals surface area contributed by atoms with Crippen LogP contribution in [-0.2, 0) is 11.3 Å². The topological polar surface area (TPSA) is 103 Å². The molecule has 5 N–H and O–H groups in total. The van der Waals surface area contributed by atoms with Crippen molar-refractivity contribution in [3.05, 3.63) is 18.0 Å². The van der Waals surface area contributed by atoms with Crippen LogP contribution >= 0.6 is 0 Å². The molecule has 0 aliphatic rings. The number of nitrogen functional groups attached to an aromatic ring is 1. The van der Waals surface area contributed by atoms with Gasteiger partial charge in [-0.25, -0.2) is 0 Å². The number of amides is 2. The number of carbonyl (C=O) groups excluding carboxylic acids is 2. The number of hydrogen-bond acceptors (Lipinski definition) is 3. The average molecular weight is 238 g/mol. The fraction of sp³-hybridized carbons (Fsp3) is 0.455. The summed E-state index contributed by atoms with van der Waals surface area (Å²) in [6.45, 7) is 5.62. The maximum atomic E-state index is 12.0. The molecular formula is C11H18N4O2. The lowest BCUT2D eigenvalue weighted by Crippen LogP contribution is -2.53. The van der Waals surface area contributed by atoms with Crippen LogP contribution in [0.25, 0.3) is 0 Å².